The number of unbranched alkanes of at least 4 members (excludes halogenated alkanes) is 1. The highest BCUT2D eigenvalue weighted by molar-refractivity contribution is 5.30. The number of rotatable bonds is 7. The van der Waals surface area contributed by atoms with Gasteiger partial charge in [-0.25, -0.2) is 0 Å². The monoisotopic (exact) mass is 234 g/mol. The van der Waals surface area contributed by atoms with Crippen LogP contribution in [-0.2, 0) is 6.54 Å². The molecular formula is C15H26N2. The lowest BCUT2D eigenvalue weighted by molar-refractivity contribution is 0.317. The van der Waals surface area contributed by atoms with E-state index in [1.807, 2.05) is 7.05 Å². The molecule has 96 valence electrons. The summed E-state index contributed by atoms with van der Waals surface area (Å²) in [5.74, 6) is 0. The fraction of sp³-hybridized carbons (Fsp3) is 0.600. The molecule has 2 heteroatoms. The standard InChI is InChI=1S/C15H26N2/c1-13-7-8-14(2)15(11-13)12-17(4)10-6-5-9-16-3/h7-8,11,16H,5-6,9-10,12H2,1-4H3. The second-order valence-electron chi connectivity index (χ2n) is 4.98. The van der Waals surface area contributed by atoms with Crippen LogP contribution in [0.3, 0.4) is 0 Å². The highest BCUT2D eigenvalue weighted by Crippen LogP contribution is 2.12. The maximum absolute atomic E-state index is 3.19. The zero-order valence-corrected chi connectivity index (χ0v) is 11.7. The molecule has 1 aromatic rings. The van der Waals surface area contributed by atoms with Crippen molar-refractivity contribution in [1.29, 1.82) is 0 Å². The van der Waals surface area contributed by atoms with Crippen LogP contribution in [0.4, 0.5) is 0 Å². The number of nitrogens with one attached hydrogen (secondary N) is 1. The van der Waals surface area contributed by atoms with E-state index in [0.717, 1.165) is 13.1 Å². The van der Waals surface area contributed by atoms with Crippen molar-refractivity contribution in [2.24, 2.45) is 0 Å². The smallest absolute Gasteiger partial charge is 0.0233 e. The Kier molecular flexibility index (Phi) is 6.23. The van der Waals surface area contributed by atoms with Gasteiger partial charge in [0, 0.05) is 6.54 Å². The predicted molar refractivity (Wildman–Crippen MR) is 75.4 cm³/mol. The quantitative estimate of drug-likeness (QED) is 0.730. The third-order valence-corrected chi connectivity index (χ3v) is 3.16. The van der Waals surface area contributed by atoms with Gasteiger partial charge in [-0.3, -0.25) is 0 Å². The Morgan fingerprint density at radius 2 is 1.94 bits per heavy atom. The zero-order valence-electron chi connectivity index (χ0n) is 11.7. The fourth-order valence-electron chi connectivity index (χ4n) is 2.02. The summed E-state index contributed by atoms with van der Waals surface area (Å²) >= 11 is 0. The summed E-state index contributed by atoms with van der Waals surface area (Å²) in [4.78, 5) is 2.41. The SMILES string of the molecule is CNCCCCN(C)Cc1cc(C)ccc1C. The molecule has 1 N–H and O–H groups in total. The number of benzene rings is 1. The maximum Gasteiger partial charge on any atom is 0.0233 e. The van der Waals surface area contributed by atoms with Crippen LogP contribution in [0.2, 0.25) is 0 Å². The van der Waals surface area contributed by atoms with E-state index >= 15 is 0 Å². The van der Waals surface area contributed by atoms with Crippen molar-refractivity contribution in [3.05, 3.63) is 34.9 Å². The summed E-state index contributed by atoms with van der Waals surface area (Å²) in [6.45, 7) is 7.72. The van der Waals surface area contributed by atoms with E-state index in [9.17, 15) is 0 Å². The Balaban J connectivity index is 2.39. The molecule has 0 atom stereocenters. The summed E-state index contributed by atoms with van der Waals surface area (Å²) in [6.07, 6.45) is 2.52. The number of hydrogen-bond donors (Lipinski definition) is 1. The van der Waals surface area contributed by atoms with E-state index in [1.54, 1.807) is 0 Å². The summed E-state index contributed by atoms with van der Waals surface area (Å²) < 4.78 is 0. The van der Waals surface area contributed by atoms with Crippen molar-refractivity contribution in [2.45, 2.75) is 33.2 Å². The second kappa shape index (κ2) is 7.46. The first-order valence-electron chi connectivity index (χ1n) is 6.52. The molecule has 0 unspecified atom stereocenters. The predicted octanol–water partition coefficient (Wildman–Crippen LogP) is 2.73. The van der Waals surface area contributed by atoms with Crippen LogP contribution in [0.1, 0.15) is 29.5 Å². The molecule has 0 radical (unpaired) electrons. The van der Waals surface area contributed by atoms with Crippen molar-refractivity contribution in [3.8, 4) is 0 Å². The van der Waals surface area contributed by atoms with Crippen LogP contribution in [0.5, 0.6) is 0 Å². The van der Waals surface area contributed by atoms with Crippen LogP contribution < -0.4 is 5.32 Å². The van der Waals surface area contributed by atoms with Gasteiger partial charge in [0.1, 0.15) is 0 Å². The third-order valence-electron chi connectivity index (χ3n) is 3.16. The van der Waals surface area contributed by atoms with Crippen LogP contribution in [0.25, 0.3) is 0 Å². The lowest BCUT2D eigenvalue weighted by Crippen LogP contribution is -2.20. The molecule has 0 aliphatic rings. The third kappa shape index (κ3) is 5.33. The minimum absolute atomic E-state index is 1.06. The number of nitrogens with zero attached hydrogens (tertiary/aromatic N) is 1. The van der Waals surface area contributed by atoms with Gasteiger partial charge in [0.05, 0.1) is 0 Å². The molecule has 0 fully saturated rings. The molecule has 0 saturated carbocycles. The molecule has 0 saturated heterocycles. The molecule has 0 aromatic heterocycles. The molecule has 0 aliphatic heterocycles. The number of aryl methyl sites for hydroxylation is 2. The normalized spacial score (nSPS) is 11.1. The van der Waals surface area contributed by atoms with Crippen molar-refractivity contribution in [1.82, 2.24) is 10.2 Å². The topological polar surface area (TPSA) is 15.3 Å². The van der Waals surface area contributed by atoms with Gasteiger partial charge in [0.2, 0.25) is 0 Å². The molecule has 0 bridgehead atoms. The Bertz CT molecular complexity index is 334. The highest BCUT2D eigenvalue weighted by atomic mass is 15.1. The first kappa shape index (κ1) is 14.2. The summed E-state index contributed by atoms with van der Waals surface area (Å²) in [7, 11) is 4.22. The molecule has 0 amide bonds. The fourth-order valence-corrected chi connectivity index (χ4v) is 2.02. The Morgan fingerprint density at radius 1 is 1.18 bits per heavy atom. The van der Waals surface area contributed by atoms with E-state index in [4.69, 9.17) is 0 Å². The van der Waals surface area contributed by atoms with Crippen LogP contribution in [-0.4, -0.2) is 32.1 Å². The van der Waals surface area contributed by atoms with Crippen LogP contribution >= 0.6 is 0 Å². The lowest BCUT2D eigenvalue weighted by atomic mass is 10.1. The summed E-state index contributed by atoms with van der Waals surface area (Å²) in [5, 5.41) is 3.19. The summed E-state index contributed by atoms with van der Waals surface area (Å²) in [6, 6.07) is 6.71. The molecule has 0 aliphatic carbocycles. The van der Waals surface area contributed by atoms with Crippen LogP contribution in [0, 0.1) is 13.8 Å². The van der Waals surface area contributed by atoms with Gasteiger partial charge in [0.15, 0.2) is 0 Å². The van der Waals surface area contributed by atoms with E-state index in [0.29, 0.717) is 0 Å². The van der Waals surface area contributed by atoms with Crippen LogP contribution in [0.15, 0.2) is 18.2 Å². The molecule has 0 spiro atoms. The molecule has 17 heavy (non-hydrogen) atoms. The minimum Gasteiger partial charge on any atom is -0.320 e. The van der Waals surface area contributed by atoms with Crippen molar-refractivity contribution in [3.63, 3.8) is 0 Å². The average Bonchev–Trinajstić information content (AvgIpc) is 2.29. The Morgan fingerprint density at radius 3 is 2.65 bits per heavy atom. The van der Waals surface area contributed by atoms with Crippen molar-refractivity contribution in [2.75, 3.05) is 27.2 Å². The minimum atomic E-state index is 1.06. The van der Waals surface area contributed by atoms with Gasteiger partial charge in [-0.15, -0.1) is 0 Å². The summed E-state index contributed by atoms with van der Waals surface area (Å²) in [5.41, 5.74) is 4.22. The van der Waals surface area contributed by atoms with E-state index < -0.39 is 0 Å². The van der Waals surface area contributed by atoms with Gasteiger partial charge in [0.25, 0.3) is 0 Å². The van der Waals surface area contributed by atoms with Crippen molar-refractivity contribution < 1.29 is 0 Å². The van der Waals surface area contributed by atoms with Gasteiger partial charge in [-0.05, 0) is 65.0 Å². The maximum atomic E-state index is 3.19. The first-order chi connectivity index (χ1) is 8.13. The van der Waals surface area contributed by atoms with Crippen molar-refractivity contribution >= 4 is 0 Å². The average molecular weight is 234 g/mol. The first-order valence-corrected chi connectivity index (χ1v) is 6.52. The van der Waals surface area contributed by atoms with E-state index in [2.05, 4.69) is 49.3 Å². The molecule has 2 nitrogen and oxygen atoms in total. The molecule has 1 rings (SSSR count). The van der Waals surface area contributed by atoms with Gasteiger partial charge in [-0.1, -0.05) is 23.8 Å². The van der Waals surface area contributed by atoms with E-state index in [1.165, 1.54) is 36.1 Å². The number of hydrogen-bond acceptors (Lipinski definition) is 2. The highest BCUT2D eigenvalue weighted by Gasteiger charge is 2.03. The second-order valence-corrected chi connectivity index (χ2v) is 4.98. The zero-order chi connectivity index (χ0) is 12.7. The Hall–Kier alpha value is -0.860. The molecule has 0 heterocycles. The largest absolute Gasteiger partial charge is 0.320 e. The molecular weight excluding hydrogens is 208 g/mol. The Labute approximate surface area is 106 Å². The van der Waals surface area contributed by atoms with Gasteiger partial charge in [-0.2, -0.15) is 0 Å². The molecule has 1 aromatic carbocycles. The van der Waals surface area contributed by atoms with Gasteiger partial charge < -0.3 is 10.2 Å². The van der Waals surface area contributed by atoms with Gasteiger partial charge >= 0.3 is 0 Å². The van der Waals surface area contributed by atoms with E-state index in [-0.39, 0.29) is 0 Å². The lowest BCUT2D eigenvalue weighted by Gasteiger charge is -2.18.